The molecule has 0 heterocycles. The third kappa shape index (κ3) is 4.75. The fraction of sp³-hybridized carbons (Fsp3) is 0. The highest BCUT2D eigenvalue weighted by atomic mass is 16.7. The highest BCUT2D eigenvalue weighted by molar-refractivity contribution is 5.96. The lowest BCUT2D eigenvalue weighted by atomic mass is 10.1. The van der Waals surface area contributed by atoms with Crippen LogP contribution in [0.25, 0.3) is 0 Å². The summed E-state index contributed by atoms with van der Waals surface area (Å²) in [4.78, 5) is 37.4. The smallest absolute Gasteiger partial charge is 0.356 e. The van der Waals surface area contributed by atoms with E-state index in [0.717, 1.165) is 6.07 Å². The molecule has 124 valence electrons. The number of non-ortho nitro benzene ring substituents is 1. The Hall–Kier alpha value is -3.52. The minimum Gasteiger partial charge on any atom is -0.423 e. The van der Waals surface area contributed by atoms with Gasteiger partial charge in [-0.1, -0.05) is 12.1 Å². The number of hydrogen-bond acceptors (Lipinski definition) is 7. The van der Waals surface area contributed by atoms with Crippen LogP contribution < -0.4 is 10.6 Å². The summed E-state index contributed by atoms with van der Waals surface area (Å²) in [6.45, 7) is 6.00. The number of rotatable bonds is 4. The molecule has 2 aromatic rings. The number of nitro benzene ring substituents is 1. The van der Waals surface area contributed by atoms with Crippen molar-refractivity contribution in [2.45, 2.75) is 0 Å². The van der Waals surface area contributed by atoms with Crippen LogP contribution >= 0.6 is 0 Å². The van der Waals surface area contributed by atoms with E-state index in [2.05, 4.69) is 18.0 Å². The van der Waals surface area contributed by atoms with Crippen molar-refractivity contribution in [3.63, 3.8) is 0 Å². The number of carbonyl (C=O) groups is 2. The number of carbonyl (C=O) groups excluding carboxylic acids is 2. The molecule has 0 aliphatic heterocycles. The molecule has 24 heavy (non-hydrogen) atoms. The van der Waals surface area contributed by atoms with Gasteiger partial charge in [0.05, 0.1) is 22.1 Å². The average molecular weight is 330 g/mol. The first-order valence-electron chi connectivity index (χ1n) is 6.49. The van der Waals surface area contributed by atoms with Crippen LogP contribution in [0.4, 0.5) is 5.69 Å². The first-order valence-corrected chi connectivity index (χ1v) is 6.49. The van der Waals surface area contributed by atoms with Gasteiger partial charge in [0.15, 0.2) is 0 Å². The summed E-state index contributed by atoms with van der Waals surface area (Å²) in [5.41, 5.74) is -0.0452. The number of nitro groups is 1. The second-order valence-electron chi connectivity index (χ2n) is 4.13. The number of benzene rings is 2. The lowest BCUT2D eigenvalue weighted by Crippen LogP contribution is -2.13. The van der Waals surface area contributed by atoms with Crippen LogP contribution in [0.3, 0.4) is 0 Å². The highest BCUT2D eigenvalue weighted by Gasteiger charge is 2.14. The van der Waals surface area contributed by atoms with E-state index in [-0.39, 0.29) is 22.6 Å². The zero-order valence-corrected chi connectivity index (χ0v) is 12.5. The van der Waals surface area contributed by atoms with E-state index in [4.69, 9.17) is 10.6 Å². The van der Waals surface area contributed by atoms with Gasteiger partial charge in [-0.2, -0.15) is 5.90 Å². The Morgan fingerprint density at radius 1 is 1.00 bits per heavy atom. The lowest BCUT2D eigenvalue weighted by Gasteiger charge is -2.05. The molecule has 0 aliphatic rings. The number of hydrogen-bond donors (Lipinski definition) is 1. The summed E-state index contributed by atoms with van der Waals surface area (Å²) in [5.74, 6) is 3.22. The minimum atomic E-state index is -0.801. The summed E-state index contributed by atoms with van der Waals surface area (Å²) >= 11 is 0. The monoisotopic (exact) mass is 330 g/mol. The molecule has 8 nitrogen and oxygen atoms in total. The second kappa shape index (κ2) is 8.81. The van der Waals surface area contributed by atoms with Crippen molar-refractivity contribution in [3.8, 4) is 5.75 Å². The number of ether oxygens (including phenoxy) is 1. The van der Waals surface area contributed by atoms with Crippen LogP contribution in [-0.2, 0) is 4.84 Å². The van der Waals surface area contributed by atoms with Gasteiger partial charge in [0, 0.05) is 6.07 Å². The van der Waals surface area contributed by atoms with Gasteiger partial charge in [0.25, 0.3) is 5.69 Å². The Morgan fingerprint density at radius 3 is 2.17 bits per heavy atom. The van der Waals surface area contributed by atoms with Gasteiger partial charge in [0.1, 0.15) is 5.75 Å². The van der Waals surface area contributed by atoms with Crippen molar-refractivity contribution in [2.24, 2.45) is 5.90 Å². The van der Waals surface area contributed by atoms with Crippen molar-refractivity contribution >= 4 is 17.6 Å². The summed E-state index contributed by atoms with van der Waals surface area (Å²) in [5, 5.41) is 10.7. The maximum absolute atomic E-state index is 12.0. The molecule has 0 aliphatic carbocycles. The molecule has 0 aromatic heterocycles. The van der Waals surface area contributed by atoms with E-state index in [1.807, 2.05) is 0 Å². The SMILES string of the molecule is C=C.NOC(=O)c1cccc(C(=O)Oc2cccc([N+](=O)[O-])c2)c1. The van der Waals surface area contributed by atoms with Crippen molar-refractivity contribution in [3.05, 3.63) is 82.9 Å². The zero-order chi connectivity index (χ0) is 18.1. The molecule has 0 bridgehead atoms. The summed E-state index contributed by atoms with van der Waals surface area (Å²) in [7, 11) is 0. The molecule has 0 saturated carbocycles. The maximum Gasteiger partial charge on any atom is 0.356 e. The van der Waals surface area contributed by atoms with Gasteiger partial charge in [-0.15, -0.1) is 13.2 Å². The van der Waals surface area contributed by atoms with E-state index in [0.29, 0.717) is 0 Å². The van der Waals surface area contributed by atoms with Gasteiger partial charge in [-0.3, -0.25) is 10.1 Å². The van der Waals surface area contributed by atoms with E-state index in [1.54, 1.807) is 0 Å². The van der Waals surface area contributed by atoms with Crippen molar-refractivity contribution in [1.82, 2.24) is 0 Å². The molecule has 0 atom stereocenters. The molecule has 2 N–H and O–H groups in total. The molecular weight excluding hydrogens is 316 g/mol. The molecule has 0 amide bonds. The first kappa shape index (κ1) is 18.5. The Kier molecular flexibility index (Phi) is 6.80. The van der Waals surface area contributed by atoms with Crippen LogP contribution in [0.5, 0.6) is 5.75 Å². The molecular formula is C16H14N2O6. The second-order valence-corrected chi connectivity index (χ2v) is 4.13. The van der Waals surface area contributed by atoms with Crippen molar-refractivity contribution < 1.29 is 24.1 Å². The third-order valence-electron chi connectivity index (χ3n) is 2.68. The van der Waals surface area contributed by atoms with Crippen LogP contribution in [0, 0.1) is 10.1 Å². The van der Waals surface area contributed by atoms with Gasteiger partial charge in [-0.25, -0.2) is 9.59 Å². The molecule has 0 fully saturated rings. The van der Waals surface area contributed by atoms with E-state index >= 15 is 0 Å². The largest absolute Gasteiger partial charge is 0.423 e. The molecule has 0 unspecified atom stereocenters. The van der Waals surface area contributed by atoms with E-state index in [9.17, 15) is 19.7 Å². The Bertz CT molecular complexity index is 760. The van der Waals surface area contributed by atoms with Crippen molar-refractivity contribution in [2.75, 3.05) is 0 Å². The molecule has 2 rings (SSSR count). The number of nitrogens with zero attached hydrogens (tertiary/aromatic N) is 1. The van der Waals surface area contributed by atoms with E-state index in [1.165, 1.54) is 42.5 Å². The molecule has 0 saturated heterocycles. The molecule has 8 heteroatoms. The van der Waals surface area contributed by atoms with Crippen LogP contribution in [0.15, 0.2) is 61.7 Å². The Balaban J connectivity index is 0.00000139. The third-order valence-corrected chi connectivity index (χ3v) is 2.68. The van der Waals surface area contributed by atoms with E-state index < -0.39 is 16.9 Å². The standard InChI is InChI=1S/C14H10N2O6.C2H4/c15-22-14(18)10-4-1-3-9(7-10)13(17)21-12-6-2-5-11(8-12)16(19)20;1-2/h1-8H,15H2;1-2H2. The molecule has 0 spiro atoms. The minimum absolute atomic E-state index is 0.0194. The fourth-order valence-corrected chi connectivity index (χ4v) is 1.67. The Labute approximate surface area is 137 Å². The quantitative estimate of drug-likeness (QED) is 0.300. The van der Waals surface area contributed by atoms with Crippen molar-refractivity contribution in [1.29, 1.82) is 0 Å². The molecule has 2 aromatic carbocycles. The lowest BCUT2D eigenvalue weighted by molar-refractivity contribution is -0.384. The number of nitrogens with two attached hydrogens (primary N) is 1. The first-order chi connectivity index (χ1) is 11.5. The molecule has 0 radical (unpaired) electrons. The average Bonchev–Trinajstić information content (AvgIpc) is 2.63. The maximum atomic E-state index is 12.0. The normalized spacial score (nSPS) is 9.21. The van der Waals surface area contributed by atoms with Crippen LogP contribution in [-0.4, -0.2) is 16.9 Å². The summed E-state index contributed by atoms with van der Waals surface area (Å²) < 4.78 is 5.03. The zero-order valence-electron chi connectivity index (χ0n) is 12.5. The van der Waals surface area contributed by atoms with Crippen LogP contribution in [0.2, 0.25) is 0 Å². The van der Waals surface area contributed by atoms with Gasteiger partial charge >= 0.3 is 11.9 Å². The van der Waals surface area contributed by atoms with Crippen LogP contribution in [0.1, 0.15) is 20.7 Å². The van der Waals surface area contributed by atoms with Gasteiger partial charge in [-0.05, 0) is 24.3 Å². The highest BCUT2D eigenvalue weighted by Crippen LogP contribution is 2.20. The van der Waals surface area contributed by atoms with Gasteiger partial charge in [0.2, 0.25) is 0 Å². The van der Waals surface area contributed by atoms with Gasteiger partial charge < -0.3 is 9.57 Å². The fourth-order valence-electron chi connectivity index (χ4n) is 1.67. The Morgan fingerprint density at radius 2 is 1.58 bits per heavy atom. The predicted molar refractivity (Wildman–Crippen MR) is 85.4 cm³/mol. The summed E-state index contributed by atoms with van der Waals surface area (Å²) in [6, 6.07) is 10.7. The number of esters is 1. The summed E-state index contributed by atoms with van der Waals surface area (Å²) in [6.07, 6.45) is 0. The topological polar surface area (TPSA) is 122 Å². The predicted octanol–water partition coefficient (Wildman–Crippen LogP) is 2.65.